The van der Waals surface area contributed by atoms with Crippen molar-refractivity contribution in [2.75, 3.05) is 11.9 Å². The van der Waals surface area contributed by atoms with Gasteiger partial charge in [0.15, 0.2) is 0 Å². The van der Waals surface area contributed by atoms with Crippen LogP contribution in [0.25, 0.3) is 0 Å². The Morgan fingerprint density at radius 1 is 1.43 bits per heavy atom. The maximum absolute atomic E-state index is 12.3. The van der Waals surface area contributed by atoms with Crippen LogP contribution in [0.2, 0.25) is 0 Å². The van der Waals surface area contributed by atoms with Gasteiger partial charge in [-0.25, -0.2) is 13.1 Å². The molecular formula is C14H18N4O2S. The van der Waals surface area contributed by atoms with Crippen molar-refractivity contribution in [1.29, 1.82) is 0 Å². The Morgan fingerprint density at radius 2 is 2.29 bits per heavy atom. The molecule has 0 aliphatic carbocycles. The zero-order valence-electron chi connectivity index (χ0n) is 11.8. The molecule has 1 aliphatic heterocycles. The van der Waals surface area contributed by atoms with Crippen LogP contribution in [0.15, 0.2) is 35.5 Å². The van der Waals surface area contributed by atoms with Gasteiger partial charge in [-0.1, -0.05) is 6.07 Å². The lowest BCUT2D eigenvalue weighted by Crippen LogP contribution is -2.23. The van der Waals surface area contributed by atoms with Gasteiger partial charge in [-0.05, 0) is 30.5 Å². The van der Waals surface area contributed by atoms with Crippen molar-refractivity contribution in [2.24, 2.45) is 7.05 Å². The van der Waals surface area contributed by atoms with E-state index in [4.69, 9.17) is 0 Å². The molecule has 2 heterocycles. The number of hydrogen-bond donors (Lipinski definition) is 2. The third-order valence-corrected chi connectivity index (χ3v) is 4.95. The first-order valence-electron chi connectivity index (χ1n) is 6.88. The molecule has 0 bridgehead atoms. The zero-order valence-corrected chi connectivity index (χ0v) is 12.7. The summed E-state index contributed by atoms with van der Waals surface area (Å²) in [5.74, 6) is 0. The lowest BCUT2D eigenvalue weighted by atomic mass is 10.0. The van der Waals surface area contributed by atoms with Crippen LogP contribution in [0.3, 0.4) is 0 Å². The van der Waals surface area contributed by atoms with Gasteiger partial charge in [0.05, 0.1) is 11.1 Å². The van der Waals surface area contributed by atoms with E-state index in [1.807, 2.05) is 6.07 Å². The monoisotopic (exact) mass is 306 g/mol. The first kappa shape index (κ1) is 14.1. The van der Waals surface area contributed by atoms with Crippen molar-refractivity contribution in [1.82, 2.24) is 14.5 Å². The summed E-state index contributed by atoms with van der Waals surface area (Å²) >= 11 is 0. The van der Waals surface area contributed by atoms with Gasteiger partial charge in [0.25, 0.3) is 0 Å². The highest BCUT2D eigenvalue weighted by Crippen LogP contribution is 2.25. The highest BCUT2D eigenvalue weighted by molar-refractivity contribution is 7.89. The molecule has 0 amide bonds. The van der Waals surface area contributed by atoms with Gasteiger partial charge < -0.3 is 5.32 Å². The third-order valence-electron chi connectivity index (χ3n) is 3.55. The number of anilines is 1. The molecule has 0 saturated carbocycles. The molecule has 2 aromatic rings. The molecule has 0 fully saturated rings. The second-order valence-corrected chi connectivity index (χ2v) is 6.96. The molecule has 0 unspecified atom stereocenters. The van der Waals surface area contributed by atoms with E-state index in [0.29, 0.717) is 4.90 Å². The van der Waals surface area contributed by atoms with Gasteiger partial charge in [0.1, 0.15) is 0 Å². The van der Waals surface area contributed by atoms with Crippen molar-refractivity contribution in [3.63, 3.8) is 0 Å². The first-order chi connectivity index (χ1) is 10.0. The standard InChI is InChI=1S/C14H18N4O2S/c1-18-10-11(8-16-18)9-17-21(19,20)13-5-4-12-3-2-6-15-14(12)7-13/h4-5,7-8,10,15,17H,2-3,6,9H2,1H3. The summed E-state index contributed by atoms with van der Waals surface area (Å²) in [6.45, 7) is 1.13. The minimum Gasteiger partial charge on any atom is -0.385 e. The molecule has 2 N–H and O–H groups in total. The zero-order chi connectivity index (χ0) is 14.9. The fraction of sp³-hybridized carbons (Fsp3) is 0.357. The number of aryl methyl sites for hydroxylation is 2. The van der Waals surface area contributed by atoms with Crippen LogP contribution < -0.4 is 10.0 Å². The molecule has 7 heteroatoms. The van der Waals surface area contributed by atoms with Gasteiger partial charge >= 0.3 is 0 Å². The van der Waals surface area contributed by atoms with E-state index in [-0.39, 0.29) is 6.54 Å². The molecule has 6 nitrogen and oxygen atoms in total. The Balaban J connectivity index is 1.78. The summed E-state index contributed by atoms with van der Waals surface area (Å²) in [6, 6.07) is 5.26. The first-order valence-corrected chi connectivity index (χ1v) is 8.37. The number of nitrogens with zero attached hydrogens (tertiary/aromatic N) is 2. The van der Waals surface area contributed by atoms with Gasteiger partial charge in [0, 0.05) is 37.6 Å². The summed E-state index contributed by atoms with van der Waals surface area (Å²) < 4.78 is 28.9. The maximum atomic E-state index is 12.3. The summed E-state index contributed by atoms with van der Waals surface area (Å²) in [6.07, 6.45) is 5.51. The predicted octanol–water partition coefficient (Wildman–Crippen LogP) is 1.26. The number of rotatable bonds is 4. The molecule has 112 valence electrons. The average molecular weight is 306 g/mol. The van der Waals surface area contributed by atoms with Crippen LogP contribution in [0, 0.1) is 0 Å². The fourth-order valence-electron chi connectivity index (χ4n) is 2.43. The molecule has 0 spiro atoms. The second-order valence-electron chi connectivity index (χ2n) is 5.20. The Kier molecular flexibility index (Phi) is 3.69. The minimum absolute atomic E-state index is 0.237. The SMILES string of the molecule is Cn1cc(CNS(=O)(=O)c2ccc3c(c2)NCCC3)cn1. The van der Waals surface area contributed by atoms with Crippen LogP contribution in [-0.2, 0) is 30.0 Å². The Hall–Kier alpha value is -1.86. The molecule has 0 saturated heterocycles. The molecule has 1 aromatic heterocycles. The highest BCUT2D eigenvalue weighted by atomic mass is 32.2. The van der Waals surface area contributed by atoms with Crippen LogP contribution in [-0.4, -0.2) is 24.7 Å². The van der Waals surface area contributed by atoms with E-state index in [1.54, 1.807) is 36.3 Å². The molecule has 1 aromatic carbocycles. The third kappa shape index (κ3) is 3.08. The van der Waals surface area contributed by atoms with Crippen molar-refractivity contribution in [3.8, 4) is 0 Å². The van der Waals surface area contributed by atoms with Crippen molar-refractivity contribution in [3.05, 3.63) is 41.7 Å². The number of fused-ring (bicyclic) bond motifs is 1. The van der Waals surface area contributed by atoms with Crippen molar-refractivity contribution in [2.45, 2.75) is 24.3 Å². The van der Waals surface area contributed by atoms with E-state index < -0.39 is 10.0 Å². The summed E-state index contributed by atoms with van der Waals surface area (Å²) in [7, 11) is -1.71. The number of nitrogens with one attached hydrogen (secondary N) is 2. The van der Waals surface area contributed by atoms with E-state index >= 15 is 0 Å². The number of aromatic nitrogens is 2. The van der Waals surface area contributed by atoms with E-state index in [2.05, 4.69) is 15.1 Å². The van der Waals surface area contributed by atoms with E-state index in [9.17, 15) is 8.42 Å². The van der Waals surface area contributed by atoms with Gasteiger partial charge in [-0.2, -0.15) is 5.10 Å². The smallest absolute Gasteiger partial charge is 0.240 e. The van der Waals surface area contributed by atoms with Crippen LogP contribution in [0.1, 0.15) is 17.5 Å². The van der Waals surface area contributed by atoms with E-state index in [1.165, 1.54) is 5.56 Å². The van der Waals surface area contributed by atoms with E-state index in [0.717, 1.165) is 30.6 Å². The summed E-state index contributed by atoms with van der Waals surface area (Å²) in [5.41, 5.74) is 2.93. The van der Waals surface area contributed by atoms with Gasteiger partial charge in [-0.15, -0.1) is 0 Å². The Bertz CT molecular complexity index is 752. The highest BCUT2D eigenvalue weighted by Gasteiger charge is 2.17. The maximum Gasteiger partial charge on any atom is 0.240 e. The van der Waals surface area contributed by atoms with Crippen molar-refractivity contribution >= 4 is 15.7 Å². The van der Waals surface area contributed by atoms with Crippen LogP contribution in [0.4, 0.5) is 5.69 Å². The quantitative estimate of drug-likeness (QED) is 0.891. The summed E-state index contributed by atoms with van der Waals surface area (Å²) in [4.78, 5) is 0.291. The summed E-state index contributed by atoms with van der Waals surface area (Å²) in [5, 5.41) is 7.27. The Morgan fingerprint density at radius 3 is 3.05 bits per heavy atom. The predicted molar refractivity (Wildman–Crippen MR) is 80.5 cm³/mol. The molecular weight excluding hydrogens is 288 g/mol. The average Bonchev–Trinajstić information content (AvgIpc) is 2.90. The Labute approximate surface area is 124 Å². The van der Waals surface area contributed by atoms with Crippen LogP contribution >= 0.6 is 0 Å². The molecule has 0 atom stereocenters. The molecule has 0 radical (unpaired) electrons. The van der Waals surface area contributed by atoms with Crippen molar-refractivity contribution < 1.29 is 8.42 Å². The normalized spacial score (nSPS) is 14.5. The minimum atomic E-state index is -3.51. The van der Waals surface area contributed by atoms with Crippen LogP contribution in [0.5, 0.6) is 0 Å². The lowest BCUT2D eigenvalue weighted by molar-refractivity contribution is 0.581. The molecule has 1 aliphatic rings. The largest absolute Gasteiger partial charge is 0.385 e. The van der Waals surface area contributed by atoms with Gasteiger partial charge in [-0.3, -0.25) is 4.68 Å². The number of sulfonamides is 1. The van der Waals surface area contributed by atoms with Gasteiger partial charge in [0.2, 0.25) is 10.0 Å². The topological polar surface area (TPSA) is 76.0 Å². The number of benzene rings is 1. The molecule has 21 heavy (non-hydrogen) atoms. The lowest BCUT2D eigenvalue weighted by Gasteiger charge is -2.18. The second kappa shape index (κ2) is 5.50. The molecule has 3 rings (SSSR count). The fourth-order valence-corrected chi connectivity index (χ4v) is 3.48. The number of hydrogen-bond acceptors (Lipinski definition) is 4.